The molecule has 0 aliphatic rings. The Balaban J connectivity index is 0.904. The van der Waals surface area contributed by atoms with Crippen molar-refractivity contribution in [2.75, 3.05) is 31.9 Å². The Bertz CT molecular complexity index is 4030. The van der Waals surface area contributed by atoms with Crippen molar-refractivity contribution in [2.45, 2.75) is 28.5 Å². The third-order valence-electron chi connectivity index (χ3n) is 11.4. The largest absolute Gasteiger partial charge is 0.323 e. The summed E-state index contributed by atoms with van der Waals surface area (Å²) in [5.74, 6) is -2.54. The number of aryl methyl sites for hydroxylation is 2. The Kier molecular flexibility index (Phi) is 14.2. The number of carbonyl (C=O) groups is 5. The highest BCUT2D eigenvalue weighted by molar-refractivity contribution is 7.86. The van der Waals surface area contributed by atoms with E-state index in [4.69, 9.17) is 0 Å². The first-order chi connectivity index (χ1) is 34.9. The van der Waals surface area contributed by atoms with Crippen LogP contribution in [0.5, 0.6) is 0 Å². The zero-order valence-electron chi connectivity index (χ0n) is 38.5. The average Bonchev–Trinajstić information content (AvgIpc) is 3.34. The van der Waals surface area contributed by atoms with Gasteiger partial charge in [-0.05, 0) is 127 Å². The van der Waals surface area contributed by atoms with E-state index in [2.05, 4.69) is 31.9 Å². The van der Waals surface area contributed by atoms with Gasteiger partial charge in [0.15, 0.2) is 0 Å². The fraction of sp³-hybridized carbons (Fsp3) is 0.0392. The van der Waals surface area contributed by atoms with Crippen LogP contribution < -0.4 is 31.9 Å². The zero-order chi connectivity index (χ0) is 53.3. The van der Waals surface area contributed by atoms with Gasteiger partial charge in [-0.2, -0.15) is 25.3 Å². The number of hydrogen-bond donors (Lipinski definition) is 9. The van der Waals surface area contributed by atoms with E-state index in [1.807, 2.05) is 0 Å². The molecule has 8 aromatic rings. The van der Waals surface area contributed by atoms with Gasteiger partial charge in [-0.3, -0.25) is 32.8 Å². The number of hydrogen-bond acceptors (Lipinski definition) is 11. The molecule has 9 N–H and O–H groups in total. The van der Waals surface area contributed by atoms with Gasteiger partial charge in [0.25, 0.3) is 54.0 Å². The van der Waals surface area contributed by atoms with E-state index in [1.54, 1.807) is 44.2 Å². The fourth-order valence-corrected chi connectivity index (χ4v) is 9.69. The van der Waals surface area contributed by atoms with Crippen molar-refractivity contribution in [1.82, 2.24) is 0 Å². The van der Waals surface area contributed by atoms with Crippen molar-refractivity contribution in [3.05, 3.63) is 185 Å². The molecule has 0 heterocycles. The molecule has 0 atom stereocenters. The van der Waals surface area contributed by atoms with E-state index in [0.29, 0.717) is 16.5 Å². The van der Waals surface area contributed by atoms with Crippen LogP contribution in [0.3, 0.4) is 0 Å². The van der Waals surface area contributed by atoms with Crippen LogP contribution in [0.4, 0.5) is 38.9 Å². The summed E-state index contributed by atoms with van der Waals surface area (Å²) in [6.07, 6.45) is 0. The van der Waals surface area contributed by atoms with Crippen LogP contribution in [0, 0.1) is 13.8 Å². The number of benzene rings is 8. The molecule has 0 aliphatic carbocycles. The van der Waals surface area contributed by atoms with Crippen LogP contribution in [0.1, 0.15) is 52.6 Å². The molecule has 376 valence electrons. The third kappa shape index (κ3) is 11.6. The van der Waals surface area contributed by atoms with Crippen LogP contribution in [-0.4, -0.2) is 68.6 Å². The van der Waals surface area contributed by atoms with Crippen molar-refractivity contribution < 1.29 is 62.9 Å². The van der Waals surface area contributed by atoms with Crippen LogP contribution in [0.15, 0.2) is 166 Å². The maximum absolute atomic E-state index is 13.5. The molecule has 0 aliphatic heterocycles. The molecule has 0 saturated carbocycles. The lowest BCUT2D eigenvalue weighted by Crippen LogP contribution is -2.21. The van der Waals surface area contributed by atoms with Gasteiger partial charge in [-0.1, -0.05) is 54.6 Å². The van der Waals surface area contributed by atoms with E-state index in [-0.39, 0.29) is 77.4 Å². The van der Waals surface area contributed by atoms with E-state index in [1.165, 1.54) is 97.1 Å². The van der Waals surface area contributed by atoms with Crippen molar-refractivity contribution in [3.63, 3.8) is 0 Å². The molecule has 6 amide bonds. The highest BCUT2D eigenvalue weighted by Crippen LogP contribution is 2.34. The lowest BCUT2D eigenvalue weighted by molar-refractivity contribution is 0.101. The van der Waals surface area contributed by atoms with Gasteiger partial charge in [0.05, 0.1) is 10.6 Å². The first-order valence-electron chi connectivity index (χ1n) is 21.7. The molecule has 0 saturated heterocycles. The first kappa shape index (κ1) is 51.5. The summed E-state index contributed by atoms with van der Waals surface area (Å²) in [6.45, 7) is 3.39. The van der Waals surface area contributed by atoms with E-state index >= 15 is 0 Å². The lowest BCUT2D eigenvalue weighted by atomic mass is 10.1. The molecule has 23 heteroatoms. The van der Waals surface area contributed by atoms with Gasteiger partial charge < -0.3 is 31.9 Å². The minimum Gasteiger partial charge on any atom is -0.322 e. The van der Waals surface area contributed by atoms with Crippen LogP contribution >= 0.6 is 0 Å². The fourth-order valence-electron chi connectivity index (χ4n) is 7.76. The van der Waals surface area contributed by atoms with Crippen LogP contribution in [-0.2, 0) is 30.4 Å². The van der Waals surface area contributed by atoms with Crippen molar-refractivity contribution >= 4 is 116 Å². The number of carbonyl (C=O) groups excluding carboxylic acids is 5. The molecule has 0 spiro atoms. The monoisotopic (exact) mass is 1060 g/mol. The normalized spacial score (nSPS) is 11.6. The van der Waals surface area contributed by atoms with Gasteiger partial charge >= 0.3 is 6.03 Å². The third-order valence-corrected chi connectivity index (χ3v) is 14.1. The molecular formula is C51H40N6O14S3. The number of amides is 6. The maximum Gasteiger partial charge on any atom is 0.323 e. The second-order valence-electron chi connectivity index (χ2n) is 16.5. The quantitative estimate of drug-likeness (QED) is 0.0487. The predicted octanol–water partition coefficient (Wildman–Crippen LogP) is 9.00. The minimum atomic E-state index is -4.87. The Morgan fingerprint density at radius 3 is 1.34 bits per heavy atom. The van der Waals surface area contributed by atoms with E-state index in [9.17, 15) is 62.9 Å². The number of nitrogens with one attached hydrogen (secondary N) is 6. The minimum absolute atomic E-state index is 0.0175. The SMILES string of the molecule is Cc1ccc(C(=O)Nc2ccc(S(=O)(=O)O)c3cc(S(=O)(=O)O)ccc23)cc1NC(=O)c1cccc(NC(=O)Nc2cccc(C(=O)Nc3cc(C(=O)Nc4cccc5cccc(S(=O)(=O)O)c45)ccc3C)c2)c1. The van der Waals surface area contributed by atoms with Gasteiger partial charge in [-0.25, -0.2) is 4.79 Å². The molecular weight excluding hydrogens is 1020 g/mol. The number of urea groups is 1. The maximum atomic E-state index is 13.5. The van der Waals surface area contributed by atoms with Gasteiger partial charge in [-0.15, -0.1) is 0 Å². The standard InChI is InChI=1S/C51H40N6O14S3/c1-28-15-17-33(49(60)54-40-21-22-44(73(66,67)68)39-27-37(72(63,64)65)19-20-38(39)40)25-42(28)56-47(58)31-9-3-11-35(23-31)52-51(62)53-36-12-4-10-32(24-36)48(59)57-43-26-34(18-16-29(43)2)50(61)55-41-13-5-7-30-8-6-14-45(46(30)41)74(69,70)71/h3-27H,1-2H3,(H,54,60)(H,55,61)(H,56,58)(H,57,59)(H2,52,53,62)(H,63,64,65)(H,66,67,68)(H,69,70,71). The molecule has 20 nitrogen and oxygen atoms in total. The highest BCUT2D eigenvalue weighted by Gasteiger charge is 2.23. The first-order valence-corrected chi connectivity index (χ1v) is 26.0. The van der Waals surface area contributed by atoms with Gasteiger partial charge in [0.2, 0.25) is 0 Å². The Labute approximate surface area is 422 Å². The summed E-state index contributed by atoms with van der Waals surface area (Å²) in [5, 5.41) is 16.4. The molecule has 0 aromatic heterocycles. The molecule has 0 unspecified atom stereocenters. The van der Waals surface area contributed by atoms with Crippen LogP contribution in [0.25, 0.3) is 21.5 Å². The zero-order valence-corrected chi connectivity index (χ0v) is 40.9. The summed E-state index contributed by atoms with van der Waals surface area (Å²) in [5.41, 5.74) is 2.70. The topological polar surface area (TPSA) is 321 Å². The van der Waals surface area contributed by atoms with E-state index < -0.39 is 69.8 Å². The average molecular weight is 1060 g/mol. The Morgan fingerprint density at radius 2 is 0.838 bits per heavy atom. The molecule has 74 heavy (non-hydrogen) atoms. The van der Waals surface area contributed by atoms with Crippen LogP contribution in [0.2, 0.25) is 0 Å². The van der Waals surface area contributed by atoms with Crippen molar-refractivity contribution in [1.29, 1.82) is 0 Å². The van der Waals surface area contributed by atoms with Gasteiger partial charge in [0, 0.05) is 66.8 Å². The van der Waals surface area contributed by atoms with E-state index in [0.717, 1.165) is 24.3 Å². The Morgan fingerprint density at radius 1 is 0.378 bits per heavy atom. The number of fused-ring (bicyclic) bond motifs is 2. The number of rotatable bonds is 13. The smallest absolute Gasteiger partial charge is 0.322 e. The van der Waals surface area contributed by atoms with Gasteiger partial charge in [0.1, 0.15) is 9.79 Å². The summed E-state index contributed by atoms with van der Waals surface area (Å²) < 4.78 is 101. The molecule has 0 radical (unpaired) electrons. The number of anilines is 6. The molecule has 8 rings (SSSR count). The summed E-state index contributed by atoms with van der Waals surface area (Å²) in [6, 6.07) is 34.4. The summed E-state index contributed by atoms with van der Waals surface area (Å²) >= 11 is 0. The molecule has 0 fully saturated rings. The van der Waals surface area contributed by atoms with Crippen molar-refractivity contribution in [2.24, 2.45) is 0 Å². The summed E-state index contributed by atoms with van der Waals surface area (Å²) in [7, 11) is -14.3. The highest BCUT2D eigenvalue weighted by atomic mass is 32.2. The molecule has 8 aromatic carbocycles. The summed E-state index contributed by atoms with van der Waals surface area (Å²) in [4.78, 5) is 65.5. The predicted molar refractivity (Wildman–Crippen MR) is 277 cm³/mol. The van der Waals surface area contributed by atoms with Crippen molar-refractivity contribution in [3.8, 4) is 0 Å². The lowest BCUT2D eigenvalue weighted by Gasteiger charge is -2.14. The molecule has 0 bridgehead atoms. The second kappa shape index (κ2) is 20.3. The Hall–Kier alpha value is -8.84. The second-order valence-corrected chi connectivity index (χ2v) is 20.7.